The van der Waals surface area contributed by atoms with E-state index in [9.17, 15) is 0 Å². The van der Waals surface area contributed by atoms with Gasteiger partial charge >= 0.3 is 0 Å². The maximum Gasteiger partial charge on any atom is 0.125 e. The highest BCUT2D eigenvalue weighted by Crippen LogP contribution is 2.29. The number of para-hydroxylation sites is 1. The fourth-order valence-electron chi connectivity index (χ4n) is 1.37. The first-order valence-electron chi connectivity index (χ1n) is 4.29. The maximum absolute atomic E-state index is 5.31. The van der Waals surface area contributed by atoms with Crippen LogP contribution in [0.5, 0.6) is 5.75 Å². The molecule has 0 N–H and O–H groups in total. The number of allylic oxidation sites excluding steroid dienone is 1. The van der Waals surface area contributed by atoms with Crippen LogP contribution in [0.2, 0.25) is 0 Å². The molecule has 1 unspecified atom stereocenters. The summed E-state index contributed by atoms with van der Waals surface area (Å²) in [6.45, 7) is 9.73. The van der Waals surface area contributed by atoms with Crippen LogP contribution in [0.4, 0.5) is 0 Å². The molecule has 0 saturated carbocycles. The van der Waals surface area contributed by atoms with Crippen molar-refractivity contribution in [3.63, 3.8) is 0 Å². The molecule has 69 valence electrons. The van der Waals surface area contributed by atoms with Crippen LogP contribution in [0, 0.1) is 13.8 Å². The zero-order valence-electron chi connectivity index (χ0n) is 8.21. The lowest BCUT2D eigenvalue weighted by Gasteiger charge is -2.13. The molecule has 0 bridgehead atoms. The number of rotatable bonds is 3. The summed E-state index contributed by atoms with van der Waals surface area (Å²) >= 11 is 0. The summed E-state index contributed by atoms with van der Waals surface area (Å²) in [5.41, 5.74) is 2.23. The molecule has 0 aliphatic carbocycles. The number of benzene rings is 1. The average Bonchev–Trinajstić information content (AvgIpc) is 2.16. The molecule has 1 nitrogen and oxygen atoms in total. The van der Waals surface area contributed by atoms with Crippen LogP contribution in [-0.4, -0.2) is 7.11 Å². The number of methoxy groups -OCH3 is 1. The highest BCUT2D eigenvalue weighted by Gasteiger charge is 2.09. The van der Waals surface area contributed by atoms with Gasteiger partial charge in [-0.25, -0.2) is 0 Å². The lowest BCUT2D eigenvalue weighted by atomic mass is 9.98. The quantitative estimate of drug-likeness (QED) is 0.641. The predicted octanol–water partition coefficient (Wildman–Crippen LogP) is 3.11. The van der Waals surface area contributed by atoms with Gasteiger partial charge in [-0.2, -0.15) is 0 Å². The molecule has 0 saturated heterocycles. The van der Waals surface area contributed by atoms with Gasteiger partial charge in [-0.1, -0.05) is 24.3 Å². The average molecular weight is 175 g/mol. The molecule has 0 fully saturated rings. The zero-order valence-corrected chi connectivity index (χ0v) is 8.21. The molecule has 1 heteroatoms. The Bertz CT molecular complexity index is 302. The lowest BCUT2D eigenvalue weighted by molar-refractivity contribution is 0.406. The van der Waals surface area contributed by atoms with Crippen LogP contribution < -0.4 is 4.74 Å². The molecule has 0 aromatic heterocycles. The topological polar surface area (TPSA) is 9.23 Å². The van der Waals surface area contributed by atoms with Gasteiger partial charge in [0.15, 0.2) is 0 Å². The third-order valence-electron chi connectivity index (χ3n) is 2.13. The highest BCUT2D eigenvalue weighted by molar-refractivity contribution is 5.44. The number of ether oxygens (including phenoxy) is 1. The van der Waals surface area contributed by atoms with E-state index in [1.54, 1.807) is 7.11 Å². The summed E-state index contributed by atoms with van der Waals surface area (Å²) in [5, 5.41) is 0. The lowest BCUT2D eigenvalue weighted by Crippen LogP contribution is -1.96. The van der Waals surface area contributed by atoms with Crippen LogP contribution in [0.1, 0.15) is 17.0 Å². The van der Waals surface area contributed by atoms with Crippen molar-refractivity contribution in [2.45, 2.75) is 12.8 Å². The van der Waals surface area contributed by atoms with Gasteiger partial charge in [0.05, 0.1) is 7.11 Å². The minimum absolute atomic E-state index is 0.0925. The largest absolute Gasteiger partial charge is 0.496 e. The first-order chi connectivity index (χ1) is 6.20. The molecule has 1 aromatic rings. The van der Waals surface area contributed by atoms with E-state index in [0.717, 1.165) is 16.9 Å². The van der Waals surface area contributed by atoms with Crippen LogP contribution in [-0.2, 0) is 0 Å². The maximum atomic E-state index is 5.31. The molecule has 0 spiro atoms. The van der Waals surface area contributed by atoms with Crippen molar-refractivity contribution < 1.29 is 4.74 Å². The van der Waals surface area contributed by atoms with Crippen LogP contribution >= 0.6 is 0 Å². The summed E-state index contributed by atoms with van der Waals surface area (Å²) in [5.74, 6) is 1.01. The molecular weight excluding hydrogens is 160 g/mol. The van der Waals surface area contributed by atoms with E-state index in [1.807, 2.05) is 31.2 Å². The summed E-state index contributed by atoms with van der Waals surface area (Å²) < 4.78 is 5.31. The van der Waals surface area contributed by atoms with Gasteiger partial charge in [0.2, 0.25) is 0 Å². The Morgan fingerprint density at radius 1 is 1.46 bits per heavy atom. The Labute approximate surface area is 80.0 Å². The second kappa shape index (κ2) is 4.13. The molecule has 13 heavy (non-hydrogen) atoms. The van der Waals surface area contributed by atoms with E-state index in [4.69, 9.17) is 4.74 Å². The SMILES string of the molecule is [CH2]C(C=C)c1cccc(C)c1OC. The van der Waals surface area contributed by atoms with Gasteiger partial charge in [-0.05, 0) is 19.4 Å². The summed E-state index contributed by atoms with van der Waals surface area (Å²) in [6.07, 6.45) is 1.82. The Balaban J connectivity index is 3.19. The first kappa shape index (κ1) is 9.85. The molecule has 0 heterocycles. The molecule has 0 aliphatic heterocycles. The number of hydrogen-bond acceptors (Lipinski definition) is 1. The van der Waals surface area contributed by atoms with Crippen LogP contribution in [0.3, 0.4) is 0 Å². The first-order valence-corrected chi connectivity index (χ1v) is 4.29. The van der Waals surface area contributed by atoms with E-state index in [2.05, 4.69) is 13.5 Å². The number of aryl methyl sites for hydroxylation is 1. The van der Waals surface area contributed by atoms with E-state index < -0.39 is 0 Å². The molecule has 0 amide bonds. The van der Waals surface area contributed by atoms with Crippen LogP contribution in [0.25, 0.3) is 0 Å². The van der Waals surface area contributed by atoms with Gasteiger partial charge in [0.1, 0.15) is 5.75 Å². The van der Waals surface area contributed by atoms with Gasteiger partial charge in [-0.15, -0.1) is 6.58 Å². The van der Waals surface area contributed by atoms with Gasteiger partial charge in [0, 0.05) is 11.5 Å². The van der Waals surface area contributed by atoms with Crippen molar-refractivity contribution in [1.29, 1.82) is 0 Å². The standard InChI is InChI=1S/C12H15O/c1-5-9(2)11-8-6-7-10(3)12(11)13-4/h5-9H,1-2H2,3-4H3. The molecule has 1 atom stereocenters. The van der Waals surface area contributed by atoms with Gasteiger partial charge in [0.25, 0.3) is 0 Å². The van der Waals surface area contributed by atoms with E-state index in [1.165, 1.54) is 0 Å². The normalized spacial score (nSPS) is 12.2. The Morgan fingerprint density at radius 3 is 2.69 bits per heavy atom. The Morgan fingerprint density at radius 2 is 2.15 bits per heavy atom. The fraction of sp³-hybridized carbons (Fsp3) is 0.250. The molecular formula is C12H15O. The van der Waals surface area contributed by atoms with E-state index in [0.29, 0.717) is 0 Å². The second-order valence-corrected chi connectivity index (χ2v) is 3.04. The smallest absolute Gasteiger partial charge is 0.125 e. The van der Waals surface area contributed by atoms with E-state index >= 15 is 0 Å². The predicted molar refractivity (Wildman–Crippen MR) is 56.0 cm³/mol. The fourth-order valence-corrected chi connectivity index (χ4v) is 1.37. The van der Waals surface area contributed by atoms with Crippen molar-refractivity contribution in [2.24, 2.45) is 0 Å². The summed E-state index contributed by atoms with van der Waals surface area (Å²) in [4.78, 5) is 0. The molecule has 1 radical (unpaired) electrons. The zero-order chi connectivity index (χ0) is 9.84. The van der Waals surface area contributed by atoms with Crippen molar-refractivity contribution in [1.82, 2.24) is 0 Å². The monoisotopic (exact) mass is 175 g/mol. The molecule has 0 aliphatic rings. The van der Waals surface area contributed by atoms with Gasteiger partial charge < -0.3 is 4.74 Å². The second-order valence-electron chi connectivity index (χ2n) is 3.04. The van der Waals surface area contributed by atoms with Crippen molar-refractivity contribution in [3.05, 3.63) is 48.9 Å². The van der Waals surface area contributed by atoms with Crippen molar-refractivity contribution in [2.75, 3.05) is 7.11 Å². The Kier molecular flexibility index (Phi) is 3.13. The van der Waals surface area contributed by atoms with Gasteiger partial charge in [-0.3, -0.25) is 0 Å². The summed E-state index contributed by atoms with van der Waals surface area (Å²) in [7, 11) is 1.68. The minimum Gasteiger partial charge on any atom is -0.496 e. The van der Waals surface area contributed by atoms with E-state index in [-0.39, 0.29) is 5.92 Å². The van der Waals surface area contributed by atoms with Crippen LogP contribution in [0.15, 0.2) is 30.9 Å². The minimum atomic E-state index is 0.0925. The summed E-state index contributed by atoms with van der Waals surface area (Å²) in [6, 6.07) is 6.05. The highest BCUT2D eigenvalue weighted by atomic mass is 16.5. The molecule has 1 aromatic carbocycles. The van der Waals surface area contributed by atoms with Crippen molar-refractivity contribution in [3.8, 4) is 5.75 Å². The molecule has 1 rings (SSSR count). The number of hydrogen-bond donors (Lipinski definition) is 0. The third kappa shape index (κ3) is 1.92. The van der Waals surface area contributed by atoms with Crippen molar-refractivity contribution >= 4 is 0 Å². The third-order valence-corrected chi connectivity index (χ3v) is 2.13. The Hall–Kier alpha value is -1.24.